The first-order chi connectivity index (χ1) is 13.4. The Hall–Kier alpha value is -3.19. The smallest absolute Gasteiger partial charge is 0.265 e. The minimum atomic E-state index is -3.81. The van der Waals surface area contributed by atoms with Crippen molar-refractivity contribution in [2.45, 2.75) is 11.8 Å². The predicted octanol–water partition coefficient (Wildman–Crippen LogP) is 4.56. The molecule has 28 heavy (non-hydrogen) atoms. The van der Waals surface area contributed by atoms with Crippen molar-refractivity contribution in [2.24, 2.45) is 0 Å². The van der Waals surface area contributed by atoms with Crippen molar-refractivity contribution in [1.82, 2.24) is 0 Å². The van der Waals surface area contributed by atoms with Gasteiger partial charge in [-0.1, -0.05) is 17.7 Å². The molecular weight excluding hydrogens is 376 g/mol. The van der Waals surface area contributed by atoms with Crippen LogP contribution in [0.2, 0.25) is 0 Å². The van der Waals surface area contributed by atoms with E-state index in [0.29, 0.717) is 11.4 Å². The third-order valence-electron chi connectivity index (χ3n) is 4.14. The summed E-state index contributed by atoms with van der Waals surface area (Å²) in [5, 5.41) is 3.27. The maximum atomic E-state index is 12.7. The van der Waals surface area contributed by atoms with E-state index in [0.717, 1.165) is 11.4 Å². The van der Waals surface area contributed by atoms with Crippen LogP contribution in [-0.2, 0) is 10.0 Å². The number of aryl methyl sites for hydroxylation is 1. The van der Waals surface area contributed by atoms with Crippen molar-refractivity contribution in [3.63, 3.8) is 0 Å². The van der Waals surface area contributed by atoms with Gasteiger partial charge in [0.25, 0.3) is 10.0 Å². The molecule has 2 N–H and O–H groups in total. The molecule has 0 amide bonds. The molecule has 0 saturated heterocycles. The summed E-state index contributed by atoms with van der Waals surface area (Å²) in [6.45, 7) is 2.03. The first kappa shape index (κ1) is 19.6. The number of sulfonamides is 1. The monoisotopic (exact) mass is 398 g/mol. The molecule has 3 aromatic rings. The molecule has 0 heterocycles. The number of hydrogen-bond acceptors (Lipinski definition) is 5. The van der Waals surface area contributed by atoms with Gasteiger partial charge < -0.3 is 14.8 Å². The molecule has 3 aromatic carbocycles. The number of ether oxygens (including phenoxy) is 2. The molecule has 0 aliphatic heterocycles. The zero-order chi connectivity index (χ0) is 20.1. The van der Waals surface area contributed by atoms with Crippen molar-refractivity contribution < 1.29 is 17.9 Å². The van der Waals surface area contributed by atoms with Gasteiger partial charge in [0.2, 0.25) is 0 Å². The molecule has 0 fully saturated rings. The van der Waals surface area contributed by atoms with Crippen LogP contribution in [0.5, 0.6) is 11.5 Å². The van der Waals surface area contributed by atoms with E-state index in [9.17, 15) is 8.42 Å². The lowest BCUT2D eigenvalue weighted by atomic mass is 10.2. The fourth-order valence-electron chi connectivity index (χ4n) is 2.63. The second-order valence-electron chi connectivity index (χ2n) is 6.19. The third kappa shape index (κ3) is 4.55. The van der Waals surface area contributed by atoms with Crippen LogP contribution in [0.3, 0.4) is 0 Å². The van der Waals surface area contributed by atoms with E-state index in [-0.39, 0.29) is 10.6 Å². The highest BCUT2D eigenvalue weighted by Gasteiger charge is 2.20. The van der Waals surface area contributed by atoms with E-state index < -0.39 is 10.0 Å². The van der Waals surface area contributed by atoms with Crippen molar-refractivity contribution in [1.29, 1.82) is 0 Å². The number of hydrogen-bond donors (Lipinski definition) is 2. The van der Waals surface area contributed by atoms with Gasteiger partial charge in [0.05, 0.1) is 14.2 Å². The van der Waals surface area contributed by atoms with Crippen LogP contribution in [0.1, 0.15) is 5.56 Å². The van der Waals surface area contributed by atoms with Gasteiger partial charge in [-0.15, -0.1) is 0 Å². The second kappa shape index (κ2) is 8.22. The Morgan fingerprint density at radius 2 is 1.32 bits per heavy atom. The summed E-state index contributed by atoms with van der Waals surface area (Å²) in [5.74, 6) is 0.729. The molecule has 0 atom stereocenters. The van der Waals surface area contributed by atoms with Crippen LogP contribution >= 0.6 is 0 Å². The quantitative estimate of drug-likeness (QED) is 0.610. The summed E-state index contributed by atoms with van der Waals surface area (Å²) in [4.78, 5) is 0.0395. The molecule has 7 heteroatoms. The Bertz CT molecular complexity index is 1050. The zero-order valence-corrected chi connectivity index (χ0v) is 16.7. The van der Waals surface area contributed by atoms with Crippen LogP contribution in [0.25, 0.3) is 0 Å². The largest absolute Gasteiger partial charge is 0.497 e. The van der Waals surface area contributed by atoms with Crippen LogP contribution in [0.15, 0.2) is 71.6 Å². The molecule has 0 spiro atoms. The summed E-state index contributed by atoms with van der Waals surface area (Å²) in [6.07, 6.45) is 0. The molecule has 146 valence electrons. The highest BCUT2D eigenvalue weighted by molar-refractivity contribution is 7.92. The van der Waals surface area contributed by atoms with E-state index in [2.05, 4.69) is 10.0 Å². The fourth-order valence-corrected chi connectivity index (χ4v) is 3.84. The van der Waals surface area contributed by atoms with Crippen LogP contribution in [0.4, 0.5) is 17.1 Å². The van der Waals surface area contributed by atoms with E-state index in [1.165, 1.54) is 31.9 Å². The normalized spacial score (nSPS) is 11.0. The van der Waals surface area contributed by atoms with Gasteiger partial charge >= 0.3 is 0 Å². The van der Waals surface area contributed by atoms with E-state index >= 15 is 0 Å². The van der Waals surface area contributed by atoms with Crippen LogP contribution < -0.4 is 19.5 Å². The summed E-state index contributed by atoms with van der Waals surface area (Å²) in [7, 11) is -0.885. The minimum absolute atomic E-state index is 0.0395. The maximum Gasteiger partial charge on any atom is 0.265 e. The number of benzene rings is 3. The highest BCUT2D eigenvalue weighted by atomic mass is 32.2. The molecule has 0 aromatic heterocycles. The van der Waals surface area contributed by atoms with Gasteiger partial charge in [0.15, 0.2) is 0 Å². The van der Waals surface area contributed by atoms with Crippen molar-refractivity contribution in [3.05, 3.63) is 72.3 Å². The lowest BCUT2D eigenvalue weighted by Crippen LogP contribution is -2.14. The summed E-state index contributed by atoms with van der Waals surface area (Å²) >= 11 is 0. The Kier molecular flexibility index (Phi) is 5.75. The van der Waals surface area contributed by atoms with Gasteiger partial charge in [-0.2, -0.15) is 0 Å². The van der Waals surface area contributed by atoms with E-state index in [4.69, 9.17) is 9.47 Å². The molecule has 0 unspecified atom stereocenters. The molecule has 3 rings (SSSR count). The molecule has 0 bridgehead atoms. The first-order valence-electron chi connectivity index (χ1n) is 8.60. The lowest BCUT2D eigenvalue weighted by Gasteiger charge is -2.13. The Balaban J connectivity index is 1.76. The zero-order valence-electron chi connectivity index (χ0n) is 15.9. The Morgan fingerprint density at radius 3 is 1.89 bits per heavy atom. The van der Waals surface area contributed by atoms with Gasteiger partial charge in [-0.25, -0.2) is 8.42 Å². The number of anilines is 3. The molecule has 6 nitrogen and oxygen atoms in total. The fraction of sp³-hybridized carbons (Fsp3) is 0.143. The number of nitrogens with one attached hydrogen (secondary N) is 2. The predicted molar refractivity (Wildman–Crippen MR) is 111 cm³/mol. The molecular formula is C21H22N2O4S. The number of methoxy groups -OCH3 is 2. The summed E-state index contributed by atoms with van der Waals surface area (Å²) < 4.78 is 38.4. The molecule has 0 radical (unpaired) electrons. The van der Waals surface area contributed by atoms with Gasteiger partial charge in [0, 0.05) is 23.1 Å². The minimum Gasteiger partial charge on any atom is -0.497 e. The molecule has 0 saturated carbocycles. The SMILES string of the molecule is COc1ccc(S(=O)(=O)Nc2ccc(Nc3ccc(C)cc3)cc2)c(OC)c1. The van der Waals surface area contributed by atoms with E-state index in [1.807, 2.05) is 43.3 Å². The highest BCUT2D eigenvalue weighted by Crippen LogP contribution is 2.30. The number of rotatable bonds is 7. The Morgan fingerprint density at radius 1 is 0.750 bits per heavy atom. The van der Waals surface area contributed by atoms with Crippen molar-refractivity contribution in [2.75, 3.05) is 24.3 Å². The maximum absolute atomic E-state index is 12.7. The molecule has 0 aliphatic rings. The lowest BCUT2D eigenvalue weighted by molar-refractivity contribution is 0.386. The van der Waals surface area contributed by atoms with Crippen molar-refractivity contribution in [3.8, 4) is 11.5 Å². The van der Waals surface area contributed by atoms with Crippen LogP contribution in [0, 0.1) is 6.92 Å². The van der Waals surface area contributed by atoms with E-state index in [1.54, 1.807) is 18.2 Å². The summed E-state index contributed by atoms with van der Waals surface area (Å²) in [5.41, 5.74) is 3.45. The topological polar surface area (TPSA) is 76.7 Å². The molecule has 0 aliphatic carbocycles. The van der Waals surface area contributed by atoms with Gasteiger partial charge in [0.1, 0.15) is 16.4 Å². The van der Waals surface area contributed by atoms with Gasteiger partial charge in [-0.3, -0.25) is 4.72 Å². The van der Waals surface area contributed by atoms with Crippen LogP contribution in [-0.4, -0.2) is 22.6 Å². The standard InChI is InChI=1S/C21H22N2O4S/c1-15-4-6-16(7-5-15)22-17-8-10-18(11-9-17)23-28(24,25)21-13-12-19(26-2)14-20(21)27-3/h4-14,22-23H,1-3H3. The Labute approximate surface area is 165 Å². The average molecular weight is 398 g/mol. The van der Waals surface area contributed by atoms with Gasteiger partial charge in [-0.05, 0) is 55.5 Å². The van der Waals surface area contributed by atoms with Crippen molar-refractivity contribution >= 4 is 27.1 Å². The first-order valence-corrected chi connectivity index (χ1v) is 10.1. The second-order valence-corrected chi connectivity index (χ2v) is 7.84. The third-order valence-corrected chi connectivity index (χ3v) is 5.56. The summed E-state index contributed by atoms with van der Waals surface area (Å²) in [6, 6.07) is 19.6. The average Bonchev–Trinajstić information content (AvgIpc) is 2.70.